The number of rotatable bonds is 5. The molecule has 0 aliphatic carbocycles. The van der Waals surface area contributed by atoms with Crippen molar-refractivity contribution < 1.29 is 33.4 Å². The van der Waals surface area contributed by atoms with E-state index in [4.69, 9.17) is 14.2 Å². The minimum absolute atomic E-state index is 0.0927. The van der Waals surface area contributed by atoms with Crippen molar-refractivity contribution in [2.45, 2.75) is 19.4 Å². The van der Waals surface area contributed by atoms with E-state index in [0.717, 1.165) is 4.90 Å². The van der Waals surface area contributed by atoms with E-state index >= 15 is 0 Å². The Labute approximate surface area is 177 Å². The topological polar surface area (TPSA) is 111 Å². The quantitative estimate of drug-likeness (QED) is 0.579. The van der Waals surface area contributed by atoms with Crippen molar-refractivity contribution in [1.29, 1.82) is 0 Å². The van der Waals surface area contributed by atoms with E-state index < -0.39 is 23.8 Å². The van der Waals surface area contributed by atoms with Crippen LogP contribution in [0.1, 0.15) is 45.7 Å². The van der Waals surface area contributed by atoms with Gasteiger partial charge in [0.15, 0.2) is 11.5 Å². The molecule has 2 aliphatic rings. The molecule has 0 radical (unpaired) electrons. The molecule has 0 aromatic heterocycles. The molecule has 2 aliphatic heterocycles. The Bertz CT molecular complexity index is 1100. The largest absolute Gasteiger partial charge is 0.486 e. The maximum absolute atomic E-state index is 13.3. The highest BCUT2D eigenvalue weighted by atomic mass is 16.6. The summed E-state index contributed by atoms with van der Waals surface area (Å²) in [4.78, 5) is 51.3. The standard InChI is InChI=1S/C22H20N2O7/c1-12(25)23-15-5-3-4-14-20(15)22(28)24(21(14)27)16(11-19(26)29-2)13-6-7-17-18(10-13)31-9-8-30-17/h3-7,10,16H,8-9,11H2,1-2H3,(H,23,25). The molecule has 9 heteroatoms. The van der Waals surface area contributed by atoms with Crippen LogP contribution in [-0.4, -0.2) is 48.9 Å². The van der Waals surface area contributed by atoms with Gasteiger partial charge in [0.2, 0.25) is 5.91 Å². The van der Waals surface area contributed by atoms with Crippen LogP contribution in [0.15, 0.2) is 36.4 Å². The van der Waals surface area contributed by atoms with Crippen molar-refractivity contribution in [2.24, 2.45) is 0 Å². The number of hydrogen-bond acceptors (Lipinski definition) is 7. The molecule has 2 heterocycles. The number of nitrogens with zero attached hydrogens (tertiary/aromatic N) is 1. The van der Waals surface area contributed by atoms with Gasteiger partial charge in [-0.3, -0.25) is 24.1 Å². The first kappa shape index (κ1) is 20.4. The van der Waals surface area contributed by atoms with Gasteiger partial charge in [0.05, 0.1) is 36.4 Å². The van der Waals surface area contributed by atoms with Gasteiger partial charge >= 0.3 is 5.97 Å². The molecule has 0 bridgehead atoms. The van der Waals surface area contributed by atoms with E-state index in [2.05, 4.69) is 5.32 Å². The molecule has 2 aromatic carbocycles. The van der Waals surface area contributed by atoms with Crippen molar-refractivity contribution in [3.8, 4) is 11.5 Å². The summed E-state index contributed by atoms with van der Waals surface area (Å²) in [6.07, 6.45) is -0.239. The third-order valence-corrected chi connectivity index (χ3v) is 5.11. The highest BCUT2D eigenvalue weighted by Gasteiger charge is 2.43. The van der Waals surface area contributed by atoms with Gasteiger partial charge in [-0.2, -0.15) is 0 Å². The summed E-state index contributed by atoms with van der Waals surface area (Å²) < 4.78 is 15.9. The maximum atomic E-state index is 13.3. The number of carbonyl (C=O) groups is 4. The SMILES string of the molecule is COC(=O)CC(c1ccc2c(c1)OCCO2)N1C(=O)c2cccc(NC(C)=O)c2C1=O. The number of ether oxygens (including phenoxy) is 3. The van der Waals surface area contributed by atoms with Crippen LogP contribution in [0.3, 0.4) is 0 Å². The van der Waals surface area contributed by atoms with Crippen LogP contribution in [0.2, 0.25) is 0 Å². The zero-order valence-electron chi connectivity index (χ0n) is 17.0. The molecule has 0 fully saturated rings. The van der Waals surface area contributed by atoms with Gasteiger partial charge in [-0.15, -0.1) is 0 Å². The molecular weight excluding hydrogens is 404 g/mol. The first-order valence-corrected chi connectivity index (χ1v) is 9.65. The fraction of sp³-hybridized carbons (Fsp3) is 0.273. The zero-order valence-corrected chi connectivity index (χ0v) is 17.0. The fourth-order valence-electron chi connectivity index (χ4n) is 3.75. The molecule has 0 saturated carbocycles. The average molecular weight is 424 g/mol. The Balaban J connectivity index is 1.77. The smallest absolute Gasteiger partial charge is 0.307 e. The lowest BCUT2D eigenvalue weighted by Gasteiger charge is -2.27. The lowest BCUT2D eigenvalue weighted by Crippen LogP contribution is -2.35. The van der Waals surface area contributed by atoms with E-state index in [1.54, 1.807) is 30.3 Å². The molecule has 1 unspecified atom stereocenters. The minimum Gasteiger partial charge on any atom is -0.486 e. The summed E-state index contributed by atoms with van der Waals surface area (Å²) in [7, 11) is 1.24. The Kier molecular flexibility index (Phi) is 5.33. The predicted molar refractivity (Wildman–Crippen MR) is 108 cm³/mol. The number of esters is 1. The second-order valence-corrected chi connectivity index (χ2v) is 7.09. The highest BCUT2D eigenvalue weighted by molar-refractivity contribution is 6.24. The van der Waals surface area contributed by atoms with Gasteiger partial charge in [0.25, 0.3) is 11.8 Å². The van der Waals surface area contributed by atoms with E-state index in [-0.39, 0.29) is 29.1 Å². The average Bonchev–Trinajstić information content (AvgIpc) is 3.02. The number of fused-ring (bicyclic) bond motifs is 2. The lowest BCUT2D eigenvalue weighted by molar-refractivity contribution is -0.141. The first-order chi connectivity index (χ1) is 14.9. The molecule has 1 atom stereocenters. The summed E-state index contributed by atoms with van der Waals surface area (Å²) in [5.41, 5.74) is 1.01. The van der Waals surface area contributed by atoms with Crippen LogP contribution >= 0.6 is 0 Å². The van der Waals surface area contributed by atoms with Gasteiger partial charge < -0.3 is 19.5 Å². The molecule has 160 valence electrons. The molecule has 0 spiro atoms. The Hall–Kier alpha value is -3.88. The van der Waals surface area contributed by atoms with Crippen molar-refractivity contribution in [3.63, 3.8) is 0 Å². The second-order valence-electron chi connectivity index (χ2n) is 7.09. The van der Waals surface area contributed by atoms with Crippen molar-refractivity contribution >= 4 is 29.4 Å². The summed E-state index contributed by atoms with van der Waals surface area (Å²) in [5.74, 6) is -1.11. The third kappa shape index (κ3) is 3.70. The number of nitrogens with one attached hydrogen (secondary N) is 1. The molecule has 31 heavy (non-hydrogen) atoms. The summed E-state index contributed by atoms with van der Waals surface area (Å²) in [5, 5.41) is 2.58. The lowest BCUT2D eigenvalue weighted by atomic mass is 10.0. The van der Waals surface area contributed by atoms with E-state index in [0.29, 0.717) is 30.3 Å². The molecule has 2 aromatic rings. The summed E-state index contributed by atoms with van der Waals surface area (Å²) in [6.45, 7) is 2.10. The van der Waals surface area contributed by atoms with Crippen LogP contribution in [0.4, 0.5) is 5.69 Å². The Morgan fingerprint density at radius 1 is 1.10 bits per heavy atom. The number of carbonyl (C=O) groups excluding carboxylic acids is 4. The van der Waals surface area contributed by atoms with Crippen LogP contribution < -0.4 is 14.8 Å². The maximum Gasteiger partial charge on any atom is 0.307 e. The van der Waals surface area contributed by atoms with Crippen LogP contribution in [0, 0.1) is 0 Å². The van der Waals surface area contributed by atoms with E-state index in [1.165, 1.54) is 20.1 Å². The molecular formula is C22H20N2O7. The van der Waals surface area contributed by atoms with Crippen LogP contribution in [0.5, 0.6) is 11.5 Å². The fourth-order valence-corrected chi connectivity index (χ4v) is 3.75. The molecule has 3 amide bonds. The number of methoxy groups -OCH3 is 1. The van der Waals surface area contributed by atoms with Gasteiger partial charge in [-0.25, -0.2) is 0 Å². The molecule has 0 saturated heterocycles. The van der Waals surface area contributed by atoms with Crippen molar-refractivity contribution in [2.75, 3.05) is 25.6 Å². The third-order valence-electron chi connectivity index (χ3n) is 5.11. The normalized spacial score (nSPS) is 15.4. The zero-order chi connectivity index (χ0) is 22.1. The van der Waals surface area contributed by atoms with Crippen molar-refractivity contribution in [1.82, 2.24) is 4.90 Å². The Morgan fingerprint density at radius 3 is 2.55 bits per heavy atom. The van der Waals surface area contributed by atoms with Crippen LogP contribution in [-0.2, 0) is 14.3 Å². The van der Waals surface area contributed by atoms with Crippen LogP contribution in [0.25, 0.3) is 0 Å². The van der Waals surface area contributed by atoms with E-state index in [1.807, 2.05) is 0 Å². The number of amides is 3. The number of benzene rings is 2. The number of anilines is 1. The second kappa shape index (κ2) is 8.10. The van der Waals surface area contributed by atoms with E-state index in [9.17, 15) is 19.2 Å². The summed E-state index contributed by atoms with van der Waals surface area (Å²) in [6, 6.07) is 8.72. The predicted octanol–water partition coefficient (Wildman–Crippen LogP) is 2.32. The van der Waals surface area contributed by atoms with Gasteiger partial charge in [-0.05, 0) is 29.8 Å². The highest BCUT2D eigenvalue weighted by Crippen LogP contribution is 2.40. The molecule has 4 rings (SSSR count). The minimum atomic E-state index is -0.930. The van der Waals surface area contributed by atoms with Gasteiger partial charge in [0, 0.05) is 6.92 Å². The number of hydrogen-bond donors (Lipinski definition) is 1. The molecule has 1 N–H and O–H groups in total. The monoisotopic (exact) mass is 424 g/mol. The van der Waals surface area contributed by atoms with Crippen molar-refractivity contribution in [3.05, 3.63) is 53.1 Å². The first-order valence-electron chi connectivity index (χ1n) is 9.65. The van der Waals surface area contributed by atoms with Gasteiger partial charge in [0.1, 0.15) is 13.2 Å². The summed E-state index contributed by atoms with van der Waals surface area (Å²) >= 11 is 0. The van der Waals surface area contributed by atoms with Gasteiger partial charge in [-0.1, -0.05) is 12.1 Å². The Morgan fingerprint density at radius 2 is 1.84 bits per heavy atom. The number of imide groups is 1. The molecule has 9 nitrogen and oxygen atoms in total.